The number of carbonyl (C=O) groups excluding carboxylic acids is 1. The van der Waals surface area contributed by atoms with E-state index in [1.165, 1.54) is 16.4 Å². The number of amides is 1. The monoisotopic (exact) mass is 442 g/mol. The van der Waals surface area contributed by atoms with E-state index in [1.807, 2.05) is 54.8 Å². The summed E-state index contributed by atoms with van der Waals surface area (Å²) < 4.78 is 34.2. The highest BCUT2D eigenvalue weighted by Crippen LogP contribution is 2.32. The van der Waals surface area contributed by atoms with Crippen molar-refractivity contribution in [3.63, 3.8) is 0 Å². The van der Waals surface area contributed by atoms with Crippen molar-refractivity contribution in [3.05, 3.63) is 76.5 Å². The molecule has 1 atom stereocenters. The Morgan fingerprint density at radius 2 is 1.93 bits per heavy atom. The summed E-state index contributed by atoms with van der Waals surface area (Å²) >= 11 is 1.61. The lowest BCUT2D eigenvalue weighted by atomic mass is 10.1. The summed E-state index contributed by atoms with van der Waals surface area (Å²) in [7, 11) is -3.82. The lowest BCUT2D eigenvalue weighted by molar-refractivity contribution is -0.118. The van der Waals surface area contributed by atoms with Crippen molar-refractivity contribution < 1.29 is 17.9 Å². The lowest BCUT2D eigenvalue weighted by Gasteiger charge is -2.29. The minimum absolute atomic E-state index is 0.0723. The fourth-order valence-electron chi connectivity index (χ4n) is 3.42. The molecule has 2 aromatic carbocycles. The maximum Gasteiger partial charge on any atom is 0.262 e. The molecule has 0 saturated carbocycles. The molecule has 0 spiro atoms. The van der Waals surface area contributed by atoms with Gasteiger partial charge in [0.2, 0.25) is 10.0 Å². The highest BCUT2D eigenvalue weighted by Gasteiger charge is 2.31. The van der Waals surface area contributed by atoms with Gasteiger partial charge in [-0.2, -0.15) is 4.31 Å². The first-order valence-electron chi connectivity index (χ1n) is 9.58. The summed E-state index contributed by atoms with van der Waals surface area (Å²) in [5.41, 5.74) is 1.28. The van der Waals surface area contributed by atoms with Gasteiger partial charge in [-0.15, -0.1) is 11.3 Å². The van der Waals surface area contributed by atoms with Gasteiger partial charge < -0.3 is 10.1 Å². The van der Waals surface area contributed by atoms with Gasteiger partial charge in [0.05, 0.1) is 10.6 Å². The van der Waals surface area contributed by atoms with Crippen LogP contribution in [0.5, 0.6) is 5.75 Å². The Bertz CT molecular complexity index is 1130. The molecule has 1 N–H and O–H groups in total. The van der Waals surface area contributed by atoms with Gasteiger partial charge in [0.1, 0.15) is 5.75 Å². The first-order valence-corrected chi connectivity index (χ1v) is 11.9. The van der Waals surface area contributed by atoms with Crippen molar-refractivity contribution in [2.75, 3.05) is 11.9 Å². The van der Waals surface area contributed by atoms with Crippen LogP contribution in [0.4, 0.5) is 5.69 Å². The van der Waals surface area contributed by atoms with E-state index < -0.39 is 10.0 Å². The smallest absolute Gasteiger partial charge is 0.262 e. The first kappa shape index (κ1) is 20.6. The van der Waals surface area contributed by atoms with Crippen molar-refractivity contribution in [2.24, 2.45) is 0 Å². The molecule has 156 valence electrons. The second kappa shape index (κ2) is 8.59. The van der Waals surface area contributed by atoms with Crippen molar-refractivity contribution >= 4 is 33.0 Å². The van der Waals surface area contributed by atoms with Crippen molar-refractivity contribution in [3.8, 4) is 5.75 Å². The maximum absolute atomic E-state index is 13.6. The SMILES string of the molecule is C[C@@H](Cc1cccs1)N(Cc1ccccc1)S(=O)(=O)c1ccc2c(c1)NC(=O)CO2. The maximum atomic E-state index is 13.6. The van der Waals surface area contributed by atoms with E-state index in [1.54, 1.807) is 17.4 Å². The summed E-state index contributed by atoms with van der Waals surface area (Å²) in [5.74, 6) is 0.166. The molecule has 0 aliphatic carbocycles. The molecular weight excluding hydrogens is 420 g/mol. The molecule has 1 aliphatic rings. The predicted octanol–water partition coefficient (Wildman–Crippen LogP) is 3.90. The van der Waals surface area contributed by atoms with Crippen LogP contribution in [0, 0.1) is 0 Å². The standard InChI is InChI=1S/C22H22N2O4S2/c1-16(12-18-8-5-11-29-18)24(14-17-6-3-2-4-7-17)30(26,27)19-9-10-21-20(13-19)23-22(25)15-28-21/h2-11,13,16H,12,14-15H2,1H3,(H,23,25)/t16-/m0/s1. The highest BCUT2D eigenvalue weighted by molar-refractivity contribution is 7.89. The number of fused-ring (bicyclic) bond motifs is 1. The second-order valence-corrected chi connectivity index (χ2v) is 10.1. The van der Waals surface area contributed by atoms with Crippen molar-refractivity contribution in [1.29, 1.82) is 0 Å². The van der Waals surface area contributed by atoms with Crippen LogP contribution in [-0.2, 0) is 27.8 Å². The van der Waals surface area contributed by atoms with Crippen LogP contribution in [0.1, 0.15) is 17.4 Å². The molecule has 4 rings (SSSR count). The highest BCUT2D eigenvalue weighted by atomic mass is 32.2. The lowest BCUT2D eigenvalue weighted by Crippen LogP contribution is -2.39. The topological polar surface area (TPSA) is 75.7 Å². The Kier molecular flexibility index (Phi) is 5.90. The van der Waals surface area contributed by atoms with Gasteiger partial charge in [-0.3, -0.25) is 4.79 Å². The normalized spacial score (nSPS) is 14.7. The minimum atomic E-state index is -3.82. The third-order valence-electron chi connectivity index (χ3n) is 4.94. The average Bonchev–Trinajstić information content (AvgIpc) is 3.25. The number of ether oxygens (including phenoxy) is 1. The summed E-state index contributed by atoms with van der Waals surface area (Å²) in [6.45, 7) is 2.11. The van der Waals surface area contributed by atoms with Crippen LogP contribution < -0.4 is 10.1 Å². The van der Waals surface area contributed by atoms with Crippen LogP contribution in [0.15, 0.2) is 70.9 Å². The second-order valence-electron chi connectivity index (χ2n) is 7.16. The Labute approximate surface area is 180 Å². The van der Waals surface area contributed by atoms with E-state index >= 15 is 0 Å². The molecule has 0 saturated heterocycles. The van der Waals surface area contributed by atoms with Gasteiger partial charge in [0.15, 0.2) is 6.61 Å². The van der Waals surface area contributed by atoms with Gasteiger partial charge in [-0.05, 0) is 48.6 Å². The van der Waals surface area contributed by atoms with Crippen LogP contribution in [0.2, 0.25) is 0 Å². The quantitative estimate of drug-likeness (QED) is 0.602. The summed E-state index contributed by atoms with van der Waals surface area (Å²) in [4.78, 5) is 12.9. The van der Waals surface area contributed by atoms with Crippen molar-refractivity contribution in [1.82, 2.24) is 4.31 Å². The number of sulfonamides is 1. The van der Waals surface area contributed by atoms with E-state index in [4.69, 9.17) is 4.74 Å². The zero-order valence-corrected chi connectivity index (χ0v) is 18.1. The molecule has 8 heteroatoms. The molecule has 0 radical (unpaired) electrons. The van der Waals surface area contributed by atoms with Crippen LogP contribution in [0.25, 0.3) is 0 Å². The van der Waals surface area contributed by atoms with E-state index in [-0.39, 0.29) is 30.0 Å². The number of hydrogen-bond donors (Lipinski definition) is 1. The number of thiophene rings is 1. The van der Waals surface area contributed by atoms with E-state index in [2.05, 4.69) is 5.32 Å². The largest absolute Gasteiger partial charge is 0.482 e. The van der Waals surface area contributed by atoms with Crippen molar-refractivity contribution in [2.45, 2.75) is 30.8 Å². The molecular formula is C22H22N2O4S2. The first-order chi connectivity index (χ1) is 14.4. The third kappa shape index (κ3) is 4.40. The van der Waals surface area contributed by atoms with E-state index in [9.17, 15) is 13.2 Å². The molecule has 3 aromatic rings. The summed E-state index contributed by atoms with van der Waals surface area (Å²) in [6, 6.07) is 17.9. The predicted molar refractivity (Wildman–Crippen MR) is 117 cm³/mol. The molecule has 2 heterocycles. The number of nitrogens with one attached hydrogen (secondary N) is 1. The third-order valence-corrected chi connectivity index (χ3v) is 7.79. The van der Waals surface area contributed by atoms with Gasteiger partial charge in [0, 0.05) is 17.5 Å². The average molecular weight is 443 g/mol. The van der Waals surface area contributed by atoms with Gasteiger partial charge in [-0.1, -0.05) is 36.4 Å². The number of nitrogens with zero attached hydrogens (tertiary/aromatic N) is 1. The Morgan fingerprint density at radius 1 is 1.13 bits per heavy atom. The molecule has 1 aliphatic heterocycles. The van der Waals surface area contributed by atoms with Gasteiger partial charge in [-0.25, -0.2) is 8.42 Å². The molecule has 0 bridgehead atoms. The van der Waals surface area contributed by atoms with Gasteiger partial charge >= 0.3 is 0 Å². The number of rotatable bonds is 7. The Hall–Kier alpha value is -2.68. The van der Waals surface area contributed by atoms with Gasteiger partial charge in [0.25, 0.3) is 5.91 Å². The molecule has 30 heavy (non-hydrogen) atoms. The number of hydrogen-bond acceptors (Lipinski definition) is 5. The fraction of sp³-hybridized carbons (Fsp3) is 0.227. The number of benzene rings is 2. The Morgan fingerprint density at radius 3 is 2.67 bits per heavy atom. The molecule has 1 aromatic heterocycles. The molecule has 1 amide bonds. The summed E-state index contributed by atoms with van der Waals surface area (Å²) in [5, 5.41) is 4.67. The van der Waals surface area contributed by atoms with E-state index in [0.29, 0.717) is 17.9 Å². The minimum Gasteiger partial charge on any atom is -0.482 e. The number of carbonyl (C=O) groups is 1. The zero-order chi connectivity index (χ0) is 21.1. The van der Waals surface area contributed by atoms with Crippen LogP contribution in [0.3, 0.4) is 0 Å². The van der Waals surface area contributed by atoms with Crippen LogP contribution >= 0.6 is 11.3 Å². The zero-order valence-electron chi connectivity index (χ0n) is 16.4. The Balaban J connectivity index is 1.69. The fourth-order valence-corrected chi connectivity index (χ4v) is 5.89. The molecule has 0 unspecified atom stereocenters. The molecule has 6 nitrogen and oxygen atoms in total. The van der Waals surface area contributed by atoms with E-state index in [0.717, 1.165) is 10.4 Å². The molecule has 0 fully saturated rings. The summed E-state index contributed by atoms with van der Waals surface area (Å²) in [6.07, 6.45) is 0.620. The number of anilines is 1. The van der Waals surface area contributed by atoms with Crippen LogP contribution in [-0.4, -0.2) is 31.3 Å².